The van der Waals surface area contributed by atoms with Crippen molar-refractivity contribution in [2.45, 2.75) is 77.6 Å². The van der Waals surface area contributed by atoms with Crippen LogP contribution in [-0.4, -0.2) is 31.9 Å². The van der Waals surface area contributed by atoms with Crippen LogP contribution in [0.4, 0.5) is 0 Å². The molecular weight excluding hydrogens is 276 g/mol. The Morgan fingerprint density at radius 3 is 1.70 bits per heavy atom. The minimum Gasteiger partial charge on any atom is -0.381 e. The first-order valence-corrected chi connectivity index (χ1v) is 9.70. The summed E-state index contributed by atoms with van der Waals surface area (Å²) in [5, 5.41) is 0. The van der Waals surface area contributed by atoms with Crippen molar-refractivity contribution in [2.75, 3.05) is 19.0 Å². The van der Waals surface area contributed by atoms with Gasteiger partial charge in [0.25, 0.3) is 10.1 Å². The van der Waals surface area contributed by atoms with Crippen LogP contribution in [0.5, 0.6) is 0 Å². The van der Waals surface area contributed by atoms with Crippen molar-refractivity contribution in [3.63, 3.8) is 0 Å². The molecule has 0 amide bonds. The summed E-state index contributed by atoms with van der Waals surface area (Å²) in [5.41, 5.74) is 0. The van der Waals surface area contributed by atoms with Gasteiger partial charge in [-0.2, -0.15) is 8.42 Å². The van der Waals surface area contributed by atoms with Crippen LogP contribution >= 0.6 is 0 Å². The van der Waals surface area contributed by atoms with Gasteiger partial charge in [0.05, 0.1) is 5.75 Å². The topological polar surface area (TPSA) is 63.6 Å². The van der Waals surface area contributed by atoms with Gasteiger partial charge in [0.1, 0.15) is 0 Å². The van der Waals surface area contributed by atoms with Crippen LogP contribution in [0.15, 0.2) is 0 Å². The van der Waals surface area contributed by atoms with Crippen LogP contribution in [0.2, 0.25) is 0 Å². The van der Waals surface area contributed by atoms with E-state index in [2.05, 4.69) is 6.92 Å². The highest BCUT2D eigenvalue weighted by Crippen LogP contribution is 2.10. The SMILES string of the molecule is CCCCCCCCCCCCOCCCS(=O)(=O)O. The second-order valence-electron chi connectivity index (χ2n) is 5.43. The number of hydrogen-bond acceptors (Lipinski definition) is 3. The van der Waals surface area contributed by atoms with Crippen LogP contribution in [0.1, 0.15) is 77.6 Å². The molecule has 0 aliphatic carbocycles. The quantitative estimate of drug-likeness (QED) is 0.364. The third kappa shape index (κ3) is 17.9. The lowest BCUT2D eigenvalue weighted by molar-refractivity contribution is 0.130. The van der Waals surface area contributed by atoms with E-state index in [9.17, 15) is 8.42 Å². The fourth-order valence-corrected chi connectivity index (χ4v) is 2.62. The smallest absolute Gasteiger partial charge is 0.264 e. The monoisotopic (exact) mass is 308 g/mol. The van der Waals surface area contributed by atoms with E-state index in [1.807, 2.05) is 0 Å². The molecule has 0 saturated carbocycles. The fraction of sp³-hybridized carbons (Fsp3) is 1.00. The molecule has 4 nitrogen and oxygen atoms in total. The minimum atomic E-state index is -3.82. The molecule has 0 spiro atoms. The lowest BCUT2D eigenvalue weighted by atomic mass is 10.1. The second kappa shape index (κ2) is 13.8. The van der Waals surface area contributed by atoms with Gasteiger partial charge in [0.2, 0.25) is 0 Å². The minimum absolute atomic E-state index is 0.203. The van der Waals surface area contributed by atoms with E-state index in [0.717, 1.165) is 6.42 Å². The van der Waals surface area contributed by atoms with Crippen LogP contribution in [0.3, 0.4) is 0 Å². The van der Waals surface area contributed by atoms with Gasteiger partial charge in [-0.15, -0.1) is 0 Å². The zero-order valence-corrected chi connectivity index (χ0v) is 13.8. The van der Waals surface area contributed by atoms with Crippen molar-refractivity contribution in [3.05, 3.63) is 0 Å². The molecule has 0 aromatic heterocycles. The van der Waals surface area contributed by atoms with E-state index >= 15 is 0 Å². The van der Waals surface area contributed by atoms with Crippen LogP contribution in [0.25, 0.3) is 0 Å². The normalized spacial score (nSPS) is 11.9. The number of ether oxygens (including phenoxy) is 1. The van der Waals surface area contributed by atoms with Gasteiger partial charge >= 0.3 is 0 Å². The summed E-state index contributed by atoms with van der Waals surface area (Å²) in [6.45, 7) is 3.35. The number of rotatable bonds is 15. The van der Waals surface area contributed by atoms with E-state index in [1.54, 1.807) is 0 Å². The lowest BCUT2D eigenvalue weighted by Gasteiger charge is -2.04. The third-order valence-corrected chi connectivity index (χ3v) is 4.14. The summed E-state index contributed by atoms with van der Waals surface area (Å²) >= 11 is 0. The van der Waals surface area contributed by atoms with Crippen LogP contribution < -0.4 is 0 Å². The van der Waals surface area contributed by atoms with Crippen LogP contribution in [-0.2, 0) is 14.9 Å². The zero-order chi connectivity index (χ0) is 15.1. The molecule has 0 aliphatic heterocycles. The molecule has 5 heteroatoms. The maximum atomic E-state index is 10.4. The molecule has 0 atom stereocenters. The van der Waals surface area contributed by atoms with E-state index in [4.69, 9.17) is 9.29 Å². The van der Waals surface area contributed by atoms with Crippen molar-refractivity contribution in [3.8, 4) is 0 Å². The van der Waals surface area contributed by atoms with Gasteiger partial charge in [-0.3, -0.25) is 4.55 Å². The molecule has 0 aromatic carbocycles. The summed E-state index contributed by atoms with van der Waals surface area (Å²) in [7, 11) is -3.82. The summed E-state index contributed by atoms with van der Waals surface area (Å²) < 4.78 is 34.8. The zero-order valence-electron chi connectivity index (χ0n) is 13.0. The van der Waals surface area contributed by atoms with E-state index in [1.165, 1.54) is 57.8 Å². The van der Waals surface area contributed by atoms with Gasteiger partial charge in [0.15, 0.2) is 0 Å². The summed E-state index contributed by atoms with van der Waals surface area (Å²) in [6, 6.07) is 0. The van der Waals surface area contributed by atoms with Crippen molar-refractivity contribution >= 4 is 10.1 Å². The van der Waals surface area contributed by atoms with Crippen molar-refractivity contribution < 1.29 is 17.7 Å². The predicted molar refractivity (Wildman–Crippen MR) is 83.7 cm³/mol. The Labute approximate surface area is 125 Å². The molecule has 20 heavy (non-hydrogen) atoms. The Bertz CT molecular complexity index is 288. The highest BCUT2D eigenvalue weighted by atomic mass is 32.2. The molecule has 0 bridgehead atoms. The van der Waals surface area contributed by atoms with Gasteiger partial charge in [0, 0.05) is 13.2 Å². The molecule has 0 aromatic rings. The van der Waals surface area contributed by atoms with E-state index in [0.29, 0.717) is 19.6 Å². The molecule has 0 heterocycles. The highest BCUT2D eigenvalue weighted by Gasteiger charge is 2.02. The first-order chi connectivity index (χ1) is 9.56. The number of unbranched alkanes of at least 4 members (excludes halogenated alkanes) is 9. The molecule has 0 radical (unpaired) electrons. The van der Waals surface area contributed by atoms with E-state index in [-0.39, 0.29) is 5.75 Å². The van der Waals surface area contributed by atoms with Gasteiger partial charge in [-0.05, 0) is 12.8 Å². The lowest BCUT2D eigenvalue weighted by Crippen LogP contribution is -2.07. The molecule has 0 unspecified atom stereocenters. The largest absolute Gasteiger partial charge is 0.381 e. The highest BCUT2D eigenvalue weighted by molar-refractivity contribution is 7.85. The Morgan fingerprint density at radius 2 is 1.20 bits per heavy atom. The summed E-state index contributed by atoms with van der Waals surface area (Å²) in [5.74, 6) is -0.203. The summed E-state index contributed by atoms with van der Waals surface area (Å²) in [6.07, 6.45) is 13.3. The Balaban J connectivity index is 3.03. The maximum Gasteiger partial charge on any atom is 0.264 e. The van der Waals surface area contributed by atoms with Crippen molar-refractivity contribution in [1.82, 2.24) is 0 Å². The number of hydrogen-bond donors (Lipinski definition) is 1. The van der Waals surface area contributed by atoms with E-state index < -0.39 is 10.1 Å². The standard InChI is InChI=1S/C15H32O4S/c1-2-3-4-5-6-7-8-9-10-11-13-19-14-12-15-20(16,17)18/h2-15H2,1H3,(H,16,17,18). The van der Waals surface area contributed by atoms with Gasteiger partial charge in [-0.1, -0.05) is 64.7 Å². The molecular formula is C15H32O4S. The molecule has 122 valence electrons. The molecule has 0 fully saturated rings. The molecule has 0 saturated heterocycles. The van der Waals surface area contributed by atoms with Gasteiger partial charge < -0.3 is 4.74 Å². The van der Waals surface area contributed by atoms with Crippen molar-refractivity contribution in [1.29, 1.82) is 0 Å². The third-order valence-electron chi connectivity index (χ3n) is 3.33. The molecule has 0 rings (SSSR count). The first-order valence-electron chi connectivity index (χ1n) is 8.09. The second-order valence-corrected chi connectivity index (χ2v) is 7.01. The predicted octanol–water partition coefficient (Wildman–Crippen LogP) is 4.20. The maximum absolute atomic E-state index is 10.4. The fourth-order valence-electron chi connectivity index (χ4n) is 2.14. The molecule has 1 N–H and O–H groups in total. The summed E-state index contributed by atoms with van der Waals surface area (Å²) in [4.78, 5) is 0. The Morgan fingerprint density at radius 1 is 0.750 bits per heavy atom. The Hall–Kier alpha value is -0.130. The first kappa shape index (κ1) is 19.9. The average molecular weight is 308 g/mol. The molecule has 0 aliphatic rings. The Kier molecular flexibility index (Phi) is 13.7. The van der Waals surface area contributed by atoms with Crippen molar-refractivity contribution in [2.24, 2.45) is 0 Å². The average Bonchev–Trinajstić information content (AvgIpc) is 2.38. The van der Waals surface area contributed by atoms with Gasteiger partial charge in [-0.25, -0.2) is 0 Å². The van der Waals surface area contributed by atoms with Crippen LogP contribution in [0, 0.1) is 0 Å².